The number of amides is 1. The molecule has 3 heteroatoms. The van der Waals surface area contributed by atoms with Crippen molar-refractivity contribution in [1.82, 2.24) is 10.6 Å². The normalized spacial score (nSPS) is 36.0. The van der Waals surface area contributed by atoms with E-state index in [0.717, 1.165) is 31.2 Å². The van der Waals surface area contributed by atoms with Crippen LogP contribution in [0.4, 0.5) is 0 Å². The van der Waals surface area contributed by atoms with E-state index in [-0.39, 0.29) is 11.9 Å². The van der Waals surface area contributed by atoms with Crippen LogP contribution < -0.4 is 10.6 Å². The van der Waals surface area contributed by atoms with Gasteiger partial charge < -0.3 is 10.6 Å². The summed E-state index contributed by atoms with van der Waals surface area (Å²) in [6.07, 6.45) is 15.9. The SMILES string of the molecule is O=C1NCCCCC1NC1CCCCC1C1CCCCC1. The molecule has 1 aliphatic heterocycles. The van der Waals surface area contributed by atoms with E-state index in [1.165, 1.54) is 64.2 Å². The van der Waals surface area contributed by atoms with Crippen LogP contribution in [0.25, 0.3) is 0 Å². The van der Waals surface area contributed by atoms with Gasteiger partial charge in [-0.05, 0) is 43.9 Å². The van der Waals surface area contributed by atoms with Crippen LogP contribution in [0.5, 0.6) is 0 Å². The molecular formula is C18H32N2O. The Kier molecular flexibility index (Phi) is 5.56. The van der Waals surface area contributed by atoms with Gasteiger partial charge in [0.25, 0.3) is 0 Å². The van der Waals surface area contributed by atoms with Crippen LogP contribution >= 0.6 is 0 Å². The van der Waals surface area contributed by atoms with E-state index < -0.39 is 0 Å². The second-order valence-corrected chi connectivity index (χ2v) is 7.46. The summed E-state index contributed by atoms with van der Waals surface area (Å²) in [5.41, 5.74) is 0. The minimum atomic E-state index is 0.0710. The van der Waals surface area contributed by atoms with Crippen molar-refractivity contribution in [3.8, 4) is 0 Å². The molecule has 0 aromatic carbocycles. The maximum atomic E-state index is 12.2. The number of carbonyl (C=O) groups excluding carboxylic acids is 1. The lowest BCUT2D eigenvalue weighted by Crippen LogP contribution is -2.52. The van der Waals surface area contributed by atoms with Crippen molar-refractivity contribution in [2.75, 3.05) is 6.54 Å². The van der Waals surface area contributed by atoms with E-state index in [2.05, 4.69) is 10.6 Å². The first-order valence-electron chi connectivity index (χ1n) is 9.38. The summed E-state index contributed by atoms with van der Waals surface area (Å²) >= 11 is 0. The lowest BCUT2D eigenvalue weighted by Gasteiger charge is -2.40. The fourth-order valence-electron chi connectivity index (χ4n) is 4.85. The third-order valence-electron chi connectivity index (χ3n) is 6.03. The molecule has 3 nitrogen and oxygen atoms in total. The van der Waals surface area contributed by atoms with Gasteiger partial charge in [-0.3, -0.25) is 4.79 Å². The van der Waals surface area contributed by atoms with E-state index in [1.54, 1.807) is 0 Å². The molecule has 2 N–H and O–H groups in total. The number of rotatable bonds is 3. The molecule has 1 saturated heterocycles. The molecule has 0 aromatic heterocycles. The second-order valence-electron chi connectivity index (χ2n) is 7.46. The van der Waals surface area contributed by atoms with Gasteiger partial charge in [0.1, 0.15) is 0 Å². The topological polar surface area (TPSA) is 41.1 Å². The van der Waals surface area contributed by atoms with Gasteiger partial charge in [0.05, 0.1) is 6.04 Å². The molecule has 3 aliphatic rings. The predicted molar refractivity (Wildman–Crippen MR) is 86.1 cm³/mol. The zero-order valence-electron chi connectivity index (χ0n) is 13.4. The van der Waals surface area contributed by atoms with Crippen molar-refractivity contribution in [2.24, 2.45) is 11.8 Å². The van der Waals surface area contributed by atoms with Gasteiger partial charge in [0, 0.05) is 12.6 Å². The Morgan fingerprint density at radius 2 is 1.52 bits per heavy atom. The molecule has 0 spiro atoms. The predicted octanol–water partition coefficient (Wildman–Crippen LogP) is 3.38. The van der Waals surface area contributed by atoms with Gasteiger partial charge in [0.15, 0.2) is 0 Å². The quantitative estimate of drug-likeness (QED) is 0.837. The Hall–Kier alpha value is -0.570. The van der Waals surface area contributed by atoms with Crippen LogP contribution in [0.2, 0.25) is 0 Å². The molecule has 0 aromatic rings. The summed E-state index contributed by atoms with van der Waals surface area (Å²) in [6.45, 7) is 0.869. The molecule has 2 saturated carbocycles. The van der Waals surface area contributed by atoms with Gasteiger partial charge >= 0.3 is 0 Å². The lowest BCUT2D eigenvalue weighted by molar-refractivity contribution is -0.123. The zero-order valence-corrected chi connectivity index (χ0v) is 13.4. The third kappa shape index (κ3) is 4.00. The van der Waals surface area contributed by atoms with Crippen molar-refractivity contribution >= 4 is 5.91 Å². The highest BCUT2D eigenvalue weighted by atomic mass is 16.2. The van der Waals surface area contributed by atoms with Gasteiger partial charge in [-0.1, -0.05) is 44.9 Å². The summed E-state index contributed by atoms with van der Waals surface area (Å²) in [7, 11) is 0. The largest absolute Gasteiger partial charge is 0.355 e. The number of nitrogens with one attached hydrogen (secondary N) is 2. The van der Waals surface area contributed by atoms with Crippen molar-refractivity contribution in [2.45, 2.75) is 89.1 Å². The highest BCUT2D eigenvalue weighted by Gasteiger charge is 2.34. The molecule has 2 aliphatic carbocycles. The molecule has 0 bridgehead atoms. The van der Waals surface area contributed by atoms with Gasteiger partial charge in [-0.2, -0.15) is 0 Å². The second kappa shape index (κ2) is 7.62. The minimum absolute atomic E-state index is 0.0710. The molecule has 3 rings (SSSR count). The van der Waals surface area contributed by atoms with E-state index in [0.29, 0.717) is 6.04 Å². The first-order chi connectivity index (χ1) is 10.3. The average molecular weight is 292 g/mol. The highest BCUT2D eigenvalue weighted by Crippen LogP contribution is 2.38. The third-order valence-corrected chi connectivity index (χ3v) is 6.03. The molecule has 3 fully saturated rings. The molecule has 0 radical (unpaired) electrons. The Labute approximate surface area is 129 Å². The van der Waals surface area contributed by atoms with Crippen LogP contribution in [0.3, 0.4) is 0 Å². The van der Waals surface area contributed by atoms with Crippen LogP contribution in [0.15, 0.2) is 0 Å². The fourth-order valence-corrected chi connectivity index (χ4v) is 4.85. The van der Waals surface area contributed by atoms with Crippen LogP contribution in [0.1, 0.15) is 77.0 Å². The smallest absolute Gasteiger partial charge is 0.237 e. The number of carbonyl (C=O) groups is 1. The van der Waals surface area contributed by atoms with Gasteiger partial charge in [0.2, 0.25) is 5.91 Å². The molecule has 1 amide bonds. The zero-order chi connectivity index (χ0) is 14.5. The first kappa shape index (κ1) is 15.3. The standard InChI is InChI=1S/C18H32N2O/c21-18-17(12-6-7-13-19-18)20-16-11-5-4-10-15(16)14-8-2-1-3-9-14/h14-17,20H,1-13H2,(H,19,21). The Morgan fingerprint density at radius 3 is 2.38 bits per heavy atom. The Morgan fingerprint density at radius 1 is 0.810 bits per heavy atom. The van der Waals surface area contributed by atoms with E-state index in [1.807, 2.05) is 0 Å². The van der Waals surface area contributed by atoms with E-state index >= 15 is 0 Å². The molecular weight excluding hydrogens is 260 g/mol. The van der Waals surface area contributed by atoms with Gasteiger partial charge in [-0.15, -0.1) is 0 Å². The Balaban J connectivity index is 1.61. The Bertz CT molecular complexity index is 338. The fraction of sp³-hybridized carbons (Fsp3) is 0.944. The van der Waals surface area contributed by atoms with E-state index in [4.69, 9.17) is 0 Å². The lowest BCUT2D eigenvalue weighted by atomic mass is 9.70. The first-order valence-corrected chi connectivity index (χ1v) is 9.38. The maximum Gasteiger partial charge on any atom is 0.237 e. The summed E-state index contributed by atoms with van der Waals surface area (Å²) in [5, 5.41) is 6.86. The number of hydrogen-bond acceptors (Lipinski definition) is 2. The van der Waals surface area contributed by atoms with Crippen molar-refractivity contribution in [3.05, 3.63) is 0 Å². The van der Waals surface area contributed by atoms with Crippen LogP contribution in [-0.4, -0.2) is 24.5 Å². The molecule has 3 unspecified atom stereocenters. The minimum Gasteiger partial charge on any atom is -0.355 e. The summed E-state index contributed by atoms with van der Waals surface area (Å²) in [4.78, 5) is 12.2. The molecule has 3 atom stereocenters. The van der Waals surface area contributed by atoms with Crippen molar-refractivity contribution in [3.63, 3.8) is 0 Å². The van der Waals surface area contributed by atoms with Gasteiger partial charge in [-0.25, -0.2) is 0 Å². The van der Waals surface area contributed by atoms with Crippen LogP contribution in [0, 0.1) is 11.8 Å². The molecule has 120 valence electrons. The maximum absolute atomic E-state index is 12.2. The summed E-state index contributed by atoms with van der Waals surface area (Å²) in [6, 6.07) is 0.664. The van der Waals surface area contributed by atoms with Crippen molar-refractivity contribution < 1.29 is 4.79 Å². The van der Waals surface area contributed by atoms with Crippen molar-refractivity contribution in [1.29, 1.82) is 0 Å². The molecule has 1 heterocycles. The van der Waals surface area contributed by atoms with Crippen LogP contribution in [-0.2, 0) is 4.79 Å². The number of hydrogen-bond donors (Lipinski definition) is 2. The monoisotopic (exact) mass is 292 g/mol. The summed E-state index contributed by atoms with van der Waals surface area (Å²) < 4.78 is 0. The highest BCUT2D eigenvalue weighted by molar-refractivity contribution is 5.81. The van der Waals surface area contributed by atoms with E-state index in [9.17, 15) is 4.79 Å². The molecule has 21 heavy (non-hydrogen) atoms. The average Bonchev–Trinajstić information content (AvgIpc) is 2.74. The summed E-state index contributed by atoms with van der Waals surface area (Å²) in [5.74, 6) is 2.00.